The molecule has 0 spiro atoms. The largest absolute Gasteiger partial charge is 0.453 e. The van der Waals surface area contributed by atoms with Gasteiger partial charge in [0.05, 0.1) is 0 Å². The van der Waals surface area contributed by atoms with Gasteiger partial charge in [-0.2, -0.15) is 0 Å². The lowest BCUT2D eigenvalue weighted by molar-refractivity contribution is 0.0881. The topological polar surface area (TPSA) is 30.2 Å². The molecular formula is C17H20O2. The lowest BCUT2D eigenvalue weighted by Crippen LogP contribution is -2.13. The Morgan fingerprint density at radius 1 is 1.16 bits per heavy atom. The van der Waals surface area contributed by atoms with Gasteiger partial charge in [0.1, 0.15) is 5.58 Å². The molecule has 2 aromatic rings. The summed E-state index contributed by atoms with van der Waals surface area (Å²) in [6.45, 7) is 2.02. The number of fused-ring (bicyclic) bond motifs is 1. The molecule has 2 heteroatoms. The van der Waals surface area contributed by atoms with E-state index in [9.17, 15) is 4.79 Å². The number of benzene rings is 1. The zero-order valence-corrected chi connectivity index (χ0v) is 11.4. The molecule has 0 N–H and O–H groups in total. The second-order valence-electron chi connectivity index (χ2n) is 5.66. The highest BCUT2D eigenvalue weighted by molar-refractivity contribution is 5.99. The molecule has 100 valence electrons. The van der Waals surface area contributed by atoms with Gasteiger partial charge in [0.25, 0.3) is 0 Å². The van der Waals surface area contributed by atoms with E-state index in [-0.39, 0.29) is 11.7 Å². The Bertz CT molecular complexity index is 586. The maximum absolute atomic E-state index is 12.5. The summed E-state index contributed by atoms with van der Waals surface area (Å²) >= 11 is 0. The molecule has 1 saturated carbocycles. The Morgan fingerprint density at radius 3 is 2.58 bits per heavy atom. The highest BCUT2D eigenvalue weighted by Crippen LogP contribution is 2.29. The van der Waals surface area contributed by atoms with E-state index in [2.05, 4.69) is 0 Å². The predicted octanol–water partition coefficient (Wildman–Crippen LogP) is 4.89. The van der Waals surface area contributed by atoms with Crippen LogP contribution in [0.25, 0.3) is 11.0 Å². The molecule has 3 rings (SSSR count). The number of rotatable bonds is 2. The first-order chi connectivity index (χ1) is 9.25. The van der Waals surface area contributed by atoms with Crippen molar-refractivity contribution in [2.24, 2.45) is 5.92 Å². The van der Waals surface area contributed by atoms with Gasteiger partial charge in [-0.15, -0.1) is 0 Å². The van der Waals surface area contributed by atoms with Crippen molar-refractivity contribution in [2.75, 3.05) is 0 Å². The summed E-state index contributed by atoms with van der Waals surface area (Å²) in [7, 11) is 0. The minimum Gasteiger partial charge on any atom is -0.453 e. The Hall–Kier alpha value is -1.57. The zero-order valence-electron chi connectivity index (χ0n) is 11.4. The molecule has 1 aromatic heterocycles. The van der Waals surface area contributed by atoms with Crippen LogP contribution in [0.4, 0.5) is 0 Å². The van der Waals surface area contributed by atoms with Gasteiger partial charge in [-0.1, -0.05) is 43.9 Å². The molecule has 2 nitrogen and oxygen atoms in total. The maximum atomic E-state index is 12.5. The van der Waals surface area contributed by atoms with Gasteiger partial charge in [-0.05, 0) is 31.4 Å². The average molecular weight is 256 g/mol. The zero-order chi connectivity index (χ0) is 13.2. The van der Waals surface area contributed by atoms with Gasteiger partial charge in [-0.25, -0.2) is 0 Å². The number of Topliss-reactive ketones (excluding diaryl/α,β-unsaturated/α-hetero) is 1. The van der Waals surface area contributed by atoms with Crippen molar-refractivity contribution in [1.29, 1.82) is 0 Å². The van der Waals surface area contributed by atoms with Crippen LogP contribution in [-0.4, -0.2) is 5.78 Å². The highest BCUT2D eigenvalue weighted by Gasteiger charge is 2.24. The first-order valence-corrected chi connectivity index (χ1v) is 7.29. The van der Waals surface area contributed by atoms with Crippen molar-refractivity contribution < 1.29 is 9.21 Å². The molecule has 0 radical (unpaired) electrons. The summed E-state index contributed by atoms with van der Waals surface area (Å²) in [6.07, 6.45) is 6.93. The van der Waals surface area contributed by atoms with E-state index < -0.39 is 0 Å². The highest BCUT2D eigenvalue weighted by atomic mass is 16.3. The van der Waals surface area contributed by atoms with Crippen LogP contribution < -0.4 is 0 Å². The molecule has 19 heavy (non-hydrogen) atoms. The molecule has 1 aromatic carbocycles. The summed E-state index contributed by atoms with van der Waals surface area (Å²) < 4.78 is 5.81. The molecule has 1 aliphatic carbocycles. The van der Waals surface area contributed by atoms with E-state index in [1.54, 1.807) is 0 Å². The minimum atomic E-state index is 0.170. The molecule has 0 bridgehead atoms. The first-order valence-electron chi connectivity index (χ1n) is 7.29. The molecular weight excluding hydrogens is 236 g/mol. The van der Waals surface area contributed by atoms with Crippen LogP contribution in [0.3, 0.4) is 0 Å². The Kier molecular flexibility index (Phi) is 3.41. The second kappa shape index (κ2) is 5.20. The quantitative estimate of drug-likeness (QED) is 0.565. The number of ketones is 1. The number of carbonyl (C=O) groups excluding carboxylic acids is 1. The lowest BCUT2D eigenvalue weighted by atomic mass is 9.94. The number of carbonyl (C=O) groups is 1. The molecule has 0 unspecified atom stereocenters. The van der Waals surface area contributed by atoms with Crippen molar-refractivity contribution in [3.63, 3.8) is 0 Å². The Balaban J connectivity index is 1.90. The van der Waals surface area contributed by atoms with Crippen LogP contribution in [0.1, 0.15) is 54.6 Å². The third-order valence-electron chi connectivity index (χ3n) is 4.21. The van der Waals surface area contributed by atoms with Gasteiger partial charge >= 0.3 is 0 Å². The van der Waals surface area contributed by atoms with Gasteiger partial charge in [0.15, 0.2) is 5.76 Å². The summed E-state index contributed by atoms with van der Waals surface area (Å²) in [5.74, 6) is 0.928. The number of furan rings is 1. The molecule has 0 amide bonds. The molecule has 0 aliphatic heterocycles. The van der Waals surface area contributed by atoms with Crippen molar-refractivity contribution in [1.82, 2.24) is 0 Å². The summed E-state index contributed by atoms with van der Waals surface area (Å²) in [4.78, 5) is 12.5. The minimum absolute atomic E-state index is 0.170. The fourth-order valence-corrected chi connectivity index (χ4v) is 3.07. The van der Waals surface area contributed by atoms with E-state index >= 15 is 0 Å². The third-order valence-corrected chi connectivity index (χ3v) is 4.21. The first kappa shape index (κ1) is 12.5. The second-order valence-corrected chi connectivity index (χ2v) is 5.66. The summed E-state index contributed by atoms with van der Waals surface area (Å²) in [5, 5.41) is 1.04. The van der Waals surface area contributed by atoms with E-state index in [1.165, 1.54) is 25.7 Å². The maximum Gasteiger partial charge on any atom is 0.201 e. The molecule has 1 fully saturated rings. The Labute approximate surface area is 113 Å². The average Bonchev–Trinajstić information content (AvgIpc) is 2.67. The monoisotopic (exact) mass is 256 g/mol. The van der Waals surface area contributed by atoms with Crippen molar-refractivity contribution in [3.8, 4) is 0 Å². The van der Waals surface area contributed by atoms with Crippen LogP contribution in [0.5, 0.6) is 0 Å². The lowest BCUT2D eigenvalue weighted by Gasteiger charge is -2.10. The smallest absolute Gasteiger partial charge is 0.201 e. The van der Waals surface area contributed by atoms with Gasteiger partial charge in [-0.3, -0.25) is 4.79 Å². The van der Waals surface area contributed by atoms with Crippen LogP contribution in [0.2, 0.25) is 0 Å². The fraction of sp³-hybridized carbons (Fsp3) is 0.471. The van der Waals surface area contributed by atoms with Crippen LogP contribution in [0, 0.1) is 12.8 Å². The van der Waals surface area contributed by atoms with Gasteiger partial charge in [0.2, 0.25) is 5.78 Å². The predicted molar refractivity (Wildman–Crippen MR) is 76.5 cm³/mol. The third kappa shape index (κ3) is 2.44. The fourth-order valence-electron chi connectivity index (χ4n) is 3.07. The van der Waals surface area contributed by atoms with E-state index in [4.69, 9.17) is 4.42 Å². The molecule has 0 saturated heterocycles. The Morgan fingerprint density at radius 2 is 1.89 bits per heavy atom. The van der Waals surface area contributed by atoms with Crippen LogP contribution in [-0.2, 0) is 0 Å². The number of hydrogen-bond donors (Lipinski definition) is 0. The standard InChI is InChI=1S/C17H20O2/c1-12-7-6-10-14-11-15(19-17(12)14)16(18)13-8-4-2-3-5-9-13/h6-7,10-11,13H,2-5,8-9H2,1H3. The SMILES string of the molecule is Cc1cccc2cc(C(=O)C3CCCCCC3)oc12. The normalized spacial score (nSPS) is 17.5. The molecule has 1 heterocycles. The van der Waals surface area contributed by atoms with Crippen molar-refractivity contribution in [2.45, 2.75) is 45.4 Å². The van der Waals surface area contributed by atoms with Crippen molar-refractivity contribution >= 4 is 16.8 Å². The number of aryl methyl sites for hydroxylation is 1. The molecule has 1 aliphatic rings. The van der Waals surface area contributed by atoms with Crippen molar-refractivity contribution in [3.05, 3.63) is 35.6 Å². The summed E-state index contributed by atoms with van der Waals surface area (Å²) in [5.41, 5.74) is 1.96. The van der Waals surface area contributed by atoms with Gasteiger partial charge in [0, 0.05) is 11.3 Å². The number of para-hydroxylation sites is 1. The molecule has 0 atom stereocenters. The van der Waals surface area contributed by atoms with Crippen LogP contribution in [0.15, 0.2) is 28.7 Å². The summed E-state index contributed by atoms with van der Waals surface area (Å²) in [6, 6.07) is 7.95. The van der Waals surface area contributed by atoms with Crippen LogP contribution >= 0.6 is 0 Å². The number of hydrogen-bond acceptors (Lipinski definition) is 2. The van der Waals surface area contributed by atoms with E-state index in [0.717, 1.165) is 29.4 Å². The van der Waals surface area contributed by atoms with E-state index in [1.807, 2.05) is 31.2 Å². The van der Waals surface area contributed by atoms with E-state index in [0.29, 0.717) is 5.76 Å². The van der Waals surface area contributed by atoms with Gasteiger partial charge < -0.3 is 4.42 Å².